The zero-order valence-electron chi connectivity index (χ0n) is 5.12. The second kappa shape index (κ2) is 2.94. The molecule has 0 atom stereocenters. The van der Waals surface area contributed by atoms with Gasteiger partial charge in [0.05, 0.1) is 0 Å². The largest absolute Gasteiger partial charge is 0.115 e. The second-order valence-electron chi connectivity index (χ2n) is 1.87. The van der Waals surface area contributed by atoms with Crippen LogP contribution in [-0.2, 0) is 0 Å². The summed E-state index contributed by atoms with van der Waals surface area (Å²) in [7, 11) is 0. The van der Waals surface area contributed by atoms with Crippen molar-refractivity contribution in [3.63, 3.8) is 0 Å². The molecule has 0 radical (unpaired) electrons. The number of hydrogen-bond donors (Lipinski definition) is 0. The maximum absolute atomic E-state index is 5.02. The van der Waals surface area contributed by atoms with Crippen molar-refractivity contribution in [2.24, 2.45) is 5.92 Å². The van der Waals surface area contributed by atoms with Crippen molar-refractivity contribution in [1.29, 1.82) is 0 Å². The molecule has 0 saturated carbocycles. The predicted molar refractivity (Wildman–Crippen MR) is 39.7 cm³/mol. The first-order chi connectivity index (χ1) is 4.43. The van der Waals surface area contributed by atoms with E-state index in [2.05, 4.69) is 18.1 Å². The van der Waals surface area contributed by atoms with Gasteiger partial charge >= 0.3 is 0 Å². The molecule has 0 heteroatoms. The summed E-state index contributed by atoms with van der Waals surface area (Å²) >= 11 is 0. The lowest BCUT2D eigenvalue weighted by molar-refractivity contribution is 1.09. The van der Waals surface area contributed by atoms with Crippen LogP contribution in [0.3, 0.4) is 0 Å². The SMILES string of the molecule is C#C/C=C/C1C=CC=C1. The minimum Gasteiger partial charge on any atom is -0.115 e. The first kappa shape index (κ1) is 5.91. The molecule has 1 rings (SSSR count). The third-order valence-electron chi connectivity index (χ3n) is 1.19. The molecular weight excluding hydrogens is 108 g/mol. The molecule has 0 N–H and O–H groups in total. The standard InChI is InChI=1S/C9H8/c1-2-3-6-9-7-4-5-8-9/h1,3-9H/b6-3+. The molecule has 0 fully saturated rings. The Morgan fingerprint density at radius 2 is 2.00 bits per heavy atom. The van der Waals surface area contributed by atoms with Gasteiger partial charge in [0.15, 0.2) is 0 Å². The van der Waals surface area contributed by atoms with Crippen LogP contribution >= 0.6 is 0 Å². The minimum absolute atomic E-state index is 0.432. The monoisotopic (exact) mass is 116 g/mol. The first-order valence-electron chi connectivity index (χ1n) is 2.91. The Morgan fingerprint density at radius 1 is 1.33 bits per heavy atom. The summed E-state index contributed by atoms with van der Waals surface area (Å²) in [4.78, 5) is 0. The maximum atomic E-state index is 5.02. The van der Waals surface area contributed by atoms with Gasteiger partial charge in [-0.2, -0.15) is 0 Å². The predicted octanol–water partition coefficient (Wildman–Crippen LogP) is 1.92. The molecule has 0 amide bonds. The van der Waals surface area contributed by atoms with Crippen molar-refractivity contribution in [2.45, 2.75) is 0 Å². The van der Waals surface area contributed by atoms with Crippen LogP contribution in [0.4, 0.5) is 0 Å². The first-order valence-corrected chi connectivity index (χ1v) is 2.91. The molecule has 0 nitrogen and oxygen atoms in total. The molecule has 0 aromatic heterocycles. The van der Waals surface area contributed by atoms with Crippen LogP contribution in [0.15, 0.2) is 36.5 Å². The van der Waals surface area contributed by atoms with Gasteiger partial charge in [-0.3, -0.25) is 0 Å². The highest BCUT2D eigenvalue weighted by molar-refractivity contribution is 5.25. The van der Waals surface area contributed by atoms with E-state index in [-0.39, 0.29) is 0 Å². The van der Waals surface area contributed by atoms with Gasteiger partial charge < -0.3 is 0 Å². The molecule has 1 aliphatic rings. The third kappa shape index (κ3) is 1.62. The fraction of sp³-hybridized carbons (Fsp3) is 0.111. The Balaban J connectivity index is 2.48. The molecule has 0 aliphatic heterocycles. The zero-order chi connectivity index (χ0) is 6.53. The van der Waals surface area contributed by atoms with E-state index in [0.29, 0.717) is 5.92 Å². The maximum Gasteiger partial charge on any atom is 0.0142 e. The number of hydrogen-bond acceptors (Lipinski definition) is 0. The molecule has 9 heavy (non-hydrogen) atoms. The van der Waals surface area contributed by atoms with Gasteiger partial charge in [0.2, 0.25) is 0 Å². The Kier molecular flexibility index (Phi) is 1.93. The van der Waals surface area contributed by atoms with Crippen molar-refractivity contribution in [1.82, 2.24) is 0 Å². The van der Waals surface area contributed by atoms with Gasteiger partial charge in [-0.15, -0.1) is 6.42 Å². The van der Waals surface area contributed by atoms with Crippen LogP contribution in [0, 0.1) is 18.3 Å². The fourth-order valence-corrected chi connectivity index (χ4v) is 0.744. The van der Waals surface area contributed by atoms with E-state index in [0.717, 1.165) is 0 Å². The van der Waals surface area contributed by atoms with E-state index in [1.165, 1.54) is 0 Å². The Labute approximate surface area is 55.6 Å². The smallest absolute Gasteiger partial charge is 0.0142 e. The molecular formula is C9H8. The van der Waals surface area contributed by atoms with E-state index in [1.807, 2.05) is 18.2 Å². The van der Waals surface area contributed by atoms with Crippen LogP contribution in [0.2, 0.25) is 0 Å². The fourth-order valence-electron chi connectivity index (χ4n) is 0.744. The molecule has 44 valence electrons. The number of rotatable bonds is 1. The quantitative estimate of drug-likeness (QED) is 0.459. The average molecular weight is 116 g/mol. The Morgan fingerprint density at radius 3 is 2.56 bits per heavy atom. The van der Waals surface area contributed by atoms with E-state index in [1.54, 1.807) is 6.08 Å². The normalized spacial score (nSPS) is 17.2. The van der Waals surface area contributed by atoms with Crippen LogP contribution < -0.4 is 0 Å². The van der Waals surface area contributed by atoms with Gasteiger partial charge in [-0.05, 0) is 6.08 Å². The van der Waals surface area contributed by atoms with Crippen LogP contribution in [0.1, 0.15) is 0 Å². The highest BCUT2D eigenvalue weighted by Crippen LogP contribution is 2.08. The lowest BCUT2D eigenvalue weighted by Gasteiger charge is -1.90. The van der Waals surface area contributed by atoms with Gasteiger partial charge in [-0.1, -0.05) is 36.3 Å². The van der Waals surface area contributed by atoms with Crippen molar-refractivity contribution < 1.29 is 0 Å². The van der Waals surface area contributed by atoms with E-state index >= 15 is 0 Å². The number of allylic oxidation sites excluding steroid dienone is 6. The summed E-state index contributed by atoms with van der Waals surface area (Å²) in [6, 6.07) is 0. The van der Waals surface area contributed by atoms with Crippen molar-refractivity contribution in [2.75, 3.05) is 0 Å². The minimum atomic E-state index is 0.432. The molecule has 0 saturated heterocycles. The summed E-state index contributed by atoms with van der Waals surface area (Å²) in [6.07, 6.45) is 17.0. The van der Waals surface area contributed by atoms with Crippen LogP contribution in [0.25, 0.3) is 0 Å². The molecule has 1 aliphatic carbocycles. The Bertz CT molecular complexity index is 187. The molecule has 0 aromatic carbocycles. The van der Waals surface area contributed by atoms with Gasteiger partial charge in [0.25, 0.3) is 0 Å². The van der Waals surface area contributed by atoms with Gasteiger partial charge in [0.1, 0.15) is 0 Å². The van der Waals surface area contributed by atoms with Crippen molar-refractivity contribution in [3.05, 3.63) is 36.5 Å². The van der Waals surface area contributed by atoms with E-state index < -0.39 is 0 Å². The highest BCUT2D eigenvalue weighted by Gasteiger charge is 1.94. The third-order valence-corrected chi connectivity index (χ3v) is 1.19. The van der Waals surface area contributed by atoms with Gasteiger partial charge in [0, 0.05) is 5.92 Å². The molecule has 0 spiro atoms. The molecule has 0 aromatic rings. The topological polar surface area (TPSA) is 0 Å². The highest BCUT2D eigenvalue weighted by atomic mass is 14.0. The zero-order valence-corrected chi connectivity index (χ0v) is 5.12. The Hall–Kier alpha value is -1.22. The van der Waals surface area contributed by atoms with Crippen LogP contribution in [0.5, 0.6) is 0 Å². The lowest BCUT2D eigenvalue weighted by atomic mass is 10.1. The molecule has 0 unspecified atom stereocenters. The van der Waals surface area contributed by atoms with E-state index in [4.69, 9.17) is 6.42 Å². The molecule has 0 bridgehead atoms. The lowest BCUT2D eigenvalue weighted by Crippen LogP contribution is -1.78. The molecule has 0 heterocycles. The van der Waals surface area contributed by atoms with Crippen LogP contribution in [-0.4, -0.2) is 0 Å². The summed E-state index contributed by atoms with van der Waals surface area (Å²) in [6.45, 7) is 0. The van der Waals surface area contributed by atoms with Crippen molar-refractivity contribution in [3.8, 4) is 12.3 Å². The van der Waals surface area contributed by atoms with E-state index in [9.17, 15) is 0 Å². The summed E-state index contributed by atoms with van der Waals surface area (Å²) < 4.78 is 0. The van der Waals surface area contributed by atoms with Crippen molar-refractivity contribution >= 4 is 0 Å². The summed E-state index contributed by atoms with van der Waals surface area (Å²) in [5, 5.41) is 0. The summed E-state index contributed by atoms with van der Waals surface area (Å²) in [5.74, 6) is 2.88. The average Bonchev–Trinajstić information content (AvgIpc) is 2.34. The number of terminal acetylenes is 1. The second-order valence-corrected chi connectivity index (χ2v) is 1.87. The van der Waals surface area contributed by atoms with Gasteiger partial charge in [-0.25, -0.2) is 0 Å². The summed E-state index contributed by atoms with van der Waals surface area (Å²) in [5.41, 5.74) is 0.